The molecule has 1 fully saturated rings. The molecule has 1 aromatic rings. The van der Waals surface area contributed by atoms with Gasteiger partial charge in [-0.15, -0.1) is 0 Å². The van der Waals surface area contributed by atoms with Crippen LogP contribution in [-0.4, -0.2) is 11.2 Å². The van der Waals surface area contributed by atoms with Gasteiger partial charge in [0.05, 0.1) is 6.10 Å². The summed E-state index contributed by atoms with van der Waals surface area (Å²) in [5, 5.41) is 10.1. The molecule has 0 radical (unpaired) electrons. The highest BCUT2D eigenvalue weighted by atomic mass is 16.3. The molecule has 0 amide bonds. The molecule has 1 heteroatoms. The van der Waals surface area contributed by atoms with E-state index in [1.807, 2.05) is 0 Å². The Bertz CT molecular complexity index is 344. The highest BCUT2D eigenvalue weighted by molar-refractivity contribution is 5.28. The lowest BCUT2D eigenvalue weighted by Crippen LogP contribution is -2.14. The summed E-state index contributed by atoms with van der Waals surface area (Å²) in [6, 6.07) is 6.59. The van der Waals surface area contributed by atoms with E-state index in [0.29, 0.717) is 0 Å². The number of hydrogen-bond donors (Lipinski definition) is 1. The molecule has 1 saturated carbocycles. The molecule has 1 nitrogen and oxygen atoms in total. The molecule has 0 bridgehead atoms. The largest absolute Gasteiger partial charge is 0.393 e. The number of hydrogen-bond acceptors (Lipinski definition) is 1. The highest BCUT2D eigenvalue weighted by Crippen LogP contribution is 2.29. The van der Waals surface area contributed by atoms with Gasteiger partial charge in [-0.1, -0.05) is 55.0 Å². The second kappa shape index (κ2) is 5.68. The predicted octanol–water partition coefficient (Wildman–Crippen LogP) is 3.79. The van der Waals surface area contributed by atoms with Crippen LogP contribution in [-0.2, 0) is 6.42 Å². The van der Waals surface area contributed by atoms with Crippen LogP contribution in [0.5, 0.6) is 0 Å². The molecular weight excluding hydrogens is 208 g/mol. The fourth-order valence-corrected chi connectivity index (χ4v) is 3.17. The summed E-state index contributed by atoms with van der Waals surface area (Å²) in [7, 11) is 0. The van der Waals surface area contributed by atoms with Crippen molar-refractivity contribution in [3.05, 3.63) is 34.9 Å². The maximum atomic E-state index is 10.1. The van der Waals surface area contributed by atoms with Crippen molar-refractivity contribution in [3.63, 3.8) is 0 Å². The van der Waals surface area contributed by atoms with Crippen molar-refractivity contribution < 1.29 is 5.11 Å². The second-order valence-electron chi connectivity index (χ2n) is 5.74. The van der Waals surface area contributed by atoms with Gasteiger partial charge in [0.1, 0.15) is 0 Å². The molecular formula is C16H24O. The van der Waals surface area contributed by atoms with Crippen LogP contribution in [0.25, 0.3) is 0 Å². The summed E-state index contributed by atoms with van der Waals surface area (Å²) in [5.41, 5.74) is 3.88. The van der Waals surface area contributed by atoms with Crippen molar-refractivity contribution in [2.75, 3.05) is 0 Å². The fraction of sp³-hybridized carbons (Fsp3) is 0.625. The van der Waals surface area contributed by atoms with Crippen molar-refractivity contribution in [2.24, 2.45) is 5.92 Å². The first-order chi connectivity index (χ1) is 8.13. The minimum Gasteiger partial charge on any atom is -0.393 e. The lowest BCUT2D eigenvalue weighted by molar-refractivity contribution is 0.143. The average Bonchev–Trinajstić information content (AvgIpc) is 2.67. The van der Waals surface area contributed by atoms with E-state index in [1.54, 1.807) is 0 Å². The lowest BCUT2D eigenvalue weighted by atomic mass is 9.95. The van der Waals surface area contributed by atoms with Crippen LogP contribution in [0, 0.1) is 19.8 Å². The first-order valence-corrected chi connectivity index (χ1v) is 6.89. The Balaban J connectivity index is 1.90. The van der Waals surface area contributed by atoms with Crippen LogP contribution < -0.4 is 0 Å². The minimum absolute atomic E-state index is 0.153. The van der Waals surface area contributed by atoms with Crippen LogP contribution in [0.2, 0.25) is 0 Å². The summed E-state index contributed by atoms with van der Waals surface area (Å²) < 4.78 is 0. The zero-order valence-corrected chi connectivity index (χ0v) is 11.1. The van der Waals surface area contributed by atoms with Gasteiger partial charge in [-0.2, -0.15) is 0 Å². The third-order valence-electron chi connectivity index (χ3n) is 3.83. The van der Waals surface area contributed by atoms with Crippen molar-refractivity contribution in [2.45, 2.75) is 58.5 Å². The summed E-state index contributed by atoms with van der Waals surface area (Å²) in [5.74, 6) is 0.774. The third kappa shape index (κ3) is 3.85. The maximum Gasteiger partial charge on any atom is 0.0583 e. The topological polar surface area (TPSA) is 20.2 Å². The van der Waals surface area contributed by atoms with Gasteiger partial charge in [0.25, 0.3) is 0 Å². The van der Waals surface area contributed by atoms with Crippen molar-refractivity contribution in [3.8, 4) is 0 Å². The fourth-order valence-electron chi connectivity index (χ4n) is 3.17. The quantitative estimate of drug-likeness (QED) is 0.837. The first kappa shape index (κ1) is 12.6. The average molecular weight is 232 g/mol. The van der Waals surface area contributed by atoms with Crippen LogP contribution in [0.3, 0.4) is 0 Å². The molecule has 1 N–H and O–H groups in total. The van der Waals surface area contributed by atoms with Gasteiger partial charge >= 0.3 is 0 Å². The number of benzene rings is 1. The molecule has 0 heterocycles. The molecule has 1 aromatic carbocycles. The maximum absolute atomic E-state index is 10.1. The van der Waals surface area contributed by atoms with E-state index in [-0.39, 0.29) is 6.10 Å². The third-order valence-corrected chi connectivity index (χ3v) is 3.83. The van der Waals surface area contributed by atoms with Crippen LogP contribution >= 0.6 is 0 Å². The first-order valence-electron chi connectivity index (χ1n) is 6.89. The SMILES string of the molecule is Cc1cc(C)cc(CC(O)CC2CCCC2)c1. The Kier molecular flexibility index (Phi) is 4.22. The van der Waals surface area contributed by atoms with Gasteiger partial charge in [0.2, 0.25) is 0 Å². The smallest absolute Gasteiger partial charge is 0.0583 e. The van der Waals surface area contributed by atoms with Gasteiger partial charge in [-0.05, 0) is 38.2 Å². The van der Waals surface area contributed by atoms with E-state index in [9.17, 15) is 5.11 Å². The molecule has 1 aliphatic rings. The molecule has 1 unspecified atom stereocenters. The van der Waals surface area contributed by atoms with Gasteiger partial charge in [0, 0.05) is 0 Å². The van der Waals surface area contributed by atoms with E-state index in [1.165, 1.54) is 42.4 Å². The van der Waals surface area contributed by atoms with Gasteiger partial charge in [-0.25, -0.2) is 0 Å². The number of aliphatic hydroxyl groups excluding tert-OH is 1. The Morgan fingerprint density at radius 3 is 2.29 bits per heavy atom. The van der Waals surface area contributed by atoms with E-state index < -0.39 is 0 Å². The summed E-state index contributed by atoms with van der Waals surface area (Å²) in [6.07, 6.45) is 7.03. The van der Waals surface area contributed by atoms with Crippen molar-refractivity contribution >= 4 is 0 Å². The zero-order chi connectivity index (χ0) is 12.3. The molecule has 1 atom stereocenters. The van der Waals surface area contributed by atoms with Crippen LogP contribution in [0.15, 0.2) is 18.2 Å². The summed E-state index contributed by atoms with van der Waals surface area (Å²) in [4.78, 5) is 0. The normalized spacial score (nSPS) is 18.5. The van der Waals surface area contributed by atoms with Crippen molar-refractivity contribution in [1.82, 2.24) is 0 Å². The Morgan fingerprint density at radius 1 is 1.12 bits per heavy atom. The Morgan fingerprint density at radius 2 is 1.71 bits per heavy atom. The van der Waals surface area contributed by atoms with E-state index in [2.05, 4.69) is 32.0 Å². The van der Waals surface area contributed by atoms with Gasteiger partial charge in [-0.3, -0.25) is 0 Å². The molecule has 0 saturated heterocycles. The molecule has 1 aliphatic carbocycles. The molecule has 17 heavy (non-hydrogen) atoms. The summed E-state index contributed by atoms with van der Waals surface area (Å²) >= 11 is 0. The van der Waals surface area contributed by atoms with Crippen LogP contribution in [0.4, 0.5) is 0 Å². The van der Waals surface area contributed by atoms with Crippen LogP contribution in [0.1, 0.15) is 48.8 Å². The predicted molar refractivity (Wildman–Crippen MR) is 72.2 cm³/mol. The number of aryl methyl sites for hydroxylation is 2. The van der Waals surface area contributed by atoms with Gasteiger partial charge in [0.15, 0.2) is 0 Å². The standard InChI is InChI=1S/C16H24O/c1-12-7-13(2)9-15(8-12)11-16(17)10-14-5-3-4-6-14/h7-9,14,16-17H,3-6,10-11H2,1-2H3. The summed E-state index contributed by atoms with van der Waals surface area (Å²) in [6.45, 7) is 4.25. The minimum atomic E-state index is -0.153. The zero-order valence-electron chi connectivity index (χ0n) is 11.1. The van der Waals surface area contributed by atoms with Gasteiger partial charge < -0.3 is 5.11 Å². The number of rotatable bonds is 4. The van der Waals surface area contributed by atoms with E-state index in [4.69, 9.17) is 0 Å². The van der Waals surface area contributed by atoms with E-state index >= 15 is 0 Å². The number of aliphatic hydroxyl groups is 1. The molecule has 94 valence electrons. The second-order valence-corrected chi connectivity index (χ2v) is 5.74. The Labute approximate surface area is 105 Å². The molecule has 0 aromatic heterocycles. The van der Waals surface area contributed by atoms with E-state index in [0.717, 1.165) is 18.8 Å². The molecule has 2 rings (SSSR count). The lowest BCUT2D eigenvalue weighted by Gasteiger charge is -2.16. The highest BCUT2D eigenvalue weighted by Gasteiger charge is 2.18. The Hall–Kier alpha value is -0.820. The molecule has 0 spiro atoms. The molecule has 0 aliphatic heterocycles. The van der Waals surface area contributed by atoms with Crippen molar-refractivity contribution in [1.29, 1.82) is 0 Å². The monoisotopic (exact) mass is 232 g/mol.